The molecule has 0 amide bonds. The molecular formula is C32H30N2P2. The minimum atomic E-state index is 0.568. The van der Waals surface area contributed by atoms with Gasteiger partial charge < -0.3 is 0 Å². The smallest absolute Gasteiger partial charge is 0.0710 e. The summed E-state index contributed by atoms with van der Waals surface area (Å²) in [6, 6.07) is 35.7. The number of aryl methyl sites for hydroxylation is 2. The Hall–Kier alpha value is -3.18. The monoisotopic (exact) mass is 504 g/mol. The van der Waals surface area contributed by atoms with Gasteiger partial charge in [0.2, 0.25) is 0 Å². The van der Waals surface area contributed by atoms with Crippen molar-refractivity contribution in [3.8, 4) is 0 Å². The average molecular weight is 505 g/mol. The lowest BCUT2D eigenvalue weighted by Crippen LogP contribution is -2.29. The highest BCUT2D eigenvalue weighted by Gasteiger charge is 2.18. The van der Waals surface area contributed by atoms with Gasteiger partial charge in [-0.2, -0.15) is 0 Å². The van der Waals surface area contributed by atoms with E-state index < -0.39 is 0 Å². The molecule has 0 aliphatic rings. The Bertz CT molecular complexity index is 1610. The van der Waals surface area contributed by atoms with E-state index >= 15 is 0 Å². The second-order valence-electron chi connectivity index (χ2n) is 9.55. The first-order valence-corrected chi connectivity index (χ1v) is 14.4. The van der Waals surface area contributed by atoms with Crippen molar-refractivity contribution in [2.24, 2.45) is 0 Å². The fourth-order valence-electron chi connectivity index (χ4n) is 4.94. The third-order valence-electron chi connectivity index (χ3n) is 7.31. The van der Waals surface area contributed by atoms with Gasteiger partial charge in [-0.1, -0.05) is 72.8 Å². The summed E-state index contributed by atoms with van der Waals surface area (Å²) in [4.78, 5) is 0. The van der Waals surface area contributed by atoms with Crippen LogP contribution >= 0.6 is 17.2 Å². The predicted molar refractivity (Wildman–Crippen MR) is 162 cm³/mol. The number of nitrogens with zero attached hydrogens (tertiary/aromatic N) is 2. The number of benzene rings is 4. The fraction of sp³-hybridized carbons (Fsp3) is 0.125. The summed E-state index contributed by atoms with van der Waals surface area (Å²) in [6.07, 6.45) is 0. The molecule has 0 saturated heterocycles. The number of para-hydroxylation sites is 2. The van der Waals surface area contributed by atoms with Gasteiger partial charge in [0, 0.05) is 10.8 Å². The van der Waals surface area contributed by atoms with E-state index in [1.807, 2.05) is 0 Å². The molecule has 0 fully saturated rings. The first-order chi connectivity index (χ1) is 17.5. The maximum atomic E-state index is 2.48. The molecule has 2 nitrogen and oxygen atoms in total. The first kappa shape index (κ1) is 23.2. The van der Waals surface area contributed by atoms with Crippen molar-refractivity contribution < 1.29 is 0 Å². The maximum Gasteiger partial charge on any atom is 0.0710 e. The van der Waals surface area contributed by atoms with Crippen LogP contribution in [0, 0.1) is 27.7 Å². The zero-order valence-corrected chi connectivity index (χ0v) is 23.1. The highest BCUT2D eigenvalue weighted by molar-refractivity contribution is 7.56. The van der Waals surface area contributed by atoms with E-state index in [0.29, 0.717) is 17.2 Å². The molecule has 0 aliphatic carbocycles. The van der Waals surface area contributed by atoms with Crippen LogP contribution in [-0.2, 0) is 0 Å². The summed E-state index contributed by atoms with van der Waals surface area (Å²) >= 11 is 0. The quantitative estimate of drug-likeness (QED) is 0.241. The lowest BCUT2D eigenvalue weighted by atomic mass is 10.1. The average Bonchev–Trinajstić information content (AvgIpc) is 3.41. The van der Waals surface area contributed by atoms with Crippen LogP contribution in [0.5, 0.6) is 0 Å². The van der Waals surface area contributed by atoms with E-state index in [-0.39, 0.29) is 0 Å². The number of hydrogen-bond donors (Lipinski definition) is 0. The third-order valence-corrected chi connectivity index (χ3v) is 10.2. The molecule has 6 rings (SSSR count). The van der Waals surface area contributed by atoms with Crippen LogP contribution in [-0.4, -0.2) is 9.35 Å². The number of hydrogen-bond acceptors (Lipinski definition) is 0. The molecule has 0 bridgehead atoms. The maximum absolute atomic E-state index is 2.48. The Morgan fingerprint density at radius 3 is 1.33 bits per heavy atom. The lowest BCUT2D eigenvalue weighted by molar-refractivity contribution is 0.761. The molecule has 4 heteroatoms. The van der Waals surface area contributed by atoms with Gasteiger partial charge in [0.1, 0.15) is 0 Å². The summed E-state index contributed by atoms with van der Waals surface area (Å²) in [6.45, 7) is 8.93. The van der Waals surface area contributed by atoms with Crippen LogP contribution in [0.15, 0.2) is 97.1 Å². The van der Waals surface area contributed by atoms with Crippen molar-refractivity contribution in [1.29, 1.82) is 0 Å². The topological polar surface area (TPSA) is 9.86 Å². The van der Waals surface area contributed by atoms with Crippen molar-refractivity contribution >= 4 is 60.4 Å². The molecule has 0 spiro atoms. The lowest BCUT2D eigenvalue weighted by Gasteiger charge is -2.19. The van der Waals surface area contributed by atoms with Crippen molar-refractivity contribution in [3.05, 3.63) is 119 Å². The molecule has 2 unspecified atom stereocenters. The highest BCUT2D eigenvalue weighted by Crippen LogP contribution is 2.27. The van der Waals surface area contributed by atoms with Crippen molar-refractivity contribution in [2.45, 2.75) is 27.7 Å². The van der Waals surface area contributed by atoms with Gasteiger partial charge in [-0.15, -0.1) is 0 Å². The Morgan fingerprint density at radius 1 is 0.472 bits per heavy atom. The van der Waals surface area contributed by atoms with Crippen LogP contribution in [0.25, 0.3) is 21.8 Å². The summed E-state index contributed by atoms with van der Waals surface area (Å²) in [5, 5.41) is 5.39. The molecule has 4 aromatic carbocycles. The zero-order valence-electron chi connectivity index (χ0n) is 21.1. The Labute approximate surface area is 216 Å². The van der Waals surface area contributed by atoms with Gasteiger partial charge in [0.05, 0.1) is 21.9 Å². The highest BCUT2D eigenvalue weighted by atomic mass is 31.1. The van der Waals surface area contributed by atoms with Crippen molar-refractivity contribution in [1.82, 2.24) is 9.35 Å². The normalized spacial score (nSPS) is 12.2. The summed E-state index contributed by atoms with van der Waals surface area (Å²) < 4.78 is 4.96. The van der Waals surface area contributed by atoms with Gasteiger partial charge in [0.25, 0.3) is 0 Å². The molecule has 6 aromatic rings. The van der Waals surface area contributed by atoms with E-state index in [9.17, 15) is 0 Å². The molecule has 2 heterocycles. The molecule has 2 aromatic heterocycles. The molecule has 178 valence electrons. The van der Waals surface area contributed by atoms with Gasteiger partial charge in [-0.05, 0) is 102 Å². The largest absolute Gasteiger partial charge is 0.248 e. The van der Waals surface area contributed by atoms with Crippen LogP contribution < -0.4 is 21.5 Å². The predicted octanol–water partition coefficient (Wildman–Crippen LogP) is 6.40. The van der Waals surface area contributed by atoms with Gasteiger partial charge in [0.15, 0.2) is 0 Å². The summed E-state index contributed by atoms with van der Waals surface area (Å²) in [7, 11) is 1.14. The Morgan fingerprint density at radius 2 is 0.889 bits per heavy atom. The van der Waals surface area contributed by atoms with E-state index in [1.165, 1.54) is 65.5 Å². The summed E-state index contributed by atoms with van der Waals surface area (Å²) in [5.41, 5.74) is 10.6. The molecule has 2 atom stereocenters. The van der Waals surface area contributed by atoms with Crippen LogP contribution in [0.1, 0.15) is 22.3 Å². The molecule has 0 N–H and O–H groups in total. The minimum absolute atomic E-state index is 0.568. The summed E-state index contributed by atoms with van der Waals surface area (Å²) in [5.74, 6) is 0. The van der Waals surface area contributed by atoms with E-state index in [1.54, 1.807) is 0 Å². The van der Waals surface area contributed by atoms with Gasteiger partial charge >= 0.3 is 0 Å². The minimum Gasteiger partial charge on any atom is -0.248 e. The molecule has 0 saturated carbocycles. The SMILES string of the molecule is Cc1cccc(Pc2cc3ccccc3n2-n2c(Pc3cccc(C)c3C)cc3ccccc32)c1C. The first-order valence-electron chi connectivity index (χ1n) is 12.4. The van der Waals surface area contributed by atoms with E-state index in [4.69, 9.17) is 0 Å². The molecule has 36 heavy (non-hydrogen) atoms. The number of aromatic nitrogens is 2. The molecular weight excluding hydrogens is 474 g/mol. The fourth-order valence-corrected chi connectivity index (χ4v) is 7.73. The number of rotatable bonds is 5. The second-order valence-corrected chi connectivity index (χ2v) is 12.1. The van der Waals surface area contributed by atoms with Crippen molar-refractivity contribution in [3.63, 3.8) is 0 Å². The zero-order chi connectivity index (χ0) is 24.8. The van der Waals surface area contributed by atoms with Gasteiger partial charge in [-0.3, -0.25) is 0 Å². The van der Waals surface area contributed by atoms with Crippen molar-refractivity contribution in [2.75, 3.05) is 0 Å². The van der Waals surface area contributed by atoms with Gasteiger partial charge in [-0.25, -0.2) is 9.35 Å². The van der Waals surface area contributed by atoms with Crippen LogP contribution in [0.4, 0.5) is 0 Å². The molecule has 0 radical (unpaired) electrons. The standard InChI is InChI=1S/C32H30N2P2/c1-21-11-9-17-29(23(21)3)35-31-19-25-13-5-7-15-27(25)33(31)34-28-16-8-6-14-26(28)20-32(34)36-30-18-10-12-22(2)24(30)4/h5-20,35-36H,1-4H3. The second kappa shape index (κ2) is 9.36. The Balaban J connectivity index is 1.61. The molecule has 0 aliphatic heterocycles. The van der Waals surface area contributed by atoms with E-state index in [2.05, 4.69) is 134 Å². The Kier molecular flexibility index (Phi) is 6.04. The van der Waals surface area contributed by atoms with Crippen LogP contribution in [0.2, 0.25) is 0 Å². The third kappa shape index (κ3) is 4.00. The van der Waals surface area contributed by atoms with E-state index in [0.717, 1.165) is 0 Å². The van der Waals surface area contributed by atoms with Crippen LogP contribution in [0.3, 0.4) is 0 Å². The number of fused-ring (bicyclic) bond motifs is 2.